The van der Waals surface area contributed by atoms with Crippen LogP contribution in [0, 0.1) is 0 Å². The van der Waals surface area contributed by atoms with Gasteiger partial charge >= 0.3 is 6.09 Å². The first-order valence-electron chi connectivity index (χ1n) is 7.27. The van der Waals surface area contributed by atoms with Crippen molar-refractivity contribution in [3.05, 3.63) is 64.1 Å². The molecular formula is C17H18BrNO5. The number of aliphatic hydroxyl groups excluding tert-OH is 2. The van der Waals surface area contributed by atoms with Gasteiger partial charge in [-0.3, -0.25) is 0 Å². The Kier molecular flexibility index (Phi) is 6.60. The Morgan fingerprint density at radius 2 is 1.83 bits per heavy atom. The average Bonchev–Trinajstić information content (AvgIpc) is 2.58. The van der Waals surface area contributed by atoms with Crippen molar-refractivity contribution in [1.29, 1.82) is 0 Å². The van der Waals surface area contributed by atoms with E-state index >= 15 is 0 Å². The van der Waals surface area contributed by atoms with Crippen LogP contribution in [0.2, 0.25) is 0 Å². The van der Waals surface area contributed by atoms with Crippen LogP contribution in [0.5, 0.6) is 5.75 Å². The summed E-state index contributed by atoms with van der Waals surface area (Å²) >= 11 is 3.20. The first kappa shape index (κ1) is 18.3. The number of phenolic OH excluding ortho intramolecular Hbond substituents is 1. The first-order valence-corrected chi connectivity index (χ1v) is 8.06. The SMILES string of the molecule is O=C(NCC(O)C(O)c1c(O)cccc1Br)OCc1ccccc1. The van der Waals surface area contributed by atoms with Gasteiger partial charge in [0, 0.05) is 16.6 Å². The number of aliphatic hydroxyl groups is 2. The summed E-state index contributed by atoms with van der Waals surface area (Å²) in [6.07, 6.45) is -3.38. The van der Waals surface area contributed by atoms with Gasteiger partial charge in [0.2, 0.25) is 0 Å². The van der Waals surface area contributed by atoms with Crippen molar-refractivity contribution in [3.8, 4) is 5.75 Å². The van der Waals surface area contributed by atoms with Crippen molar-refractivity contribution in [2.24, 2.45) is 0 Å². The fourth-order valence-electron chi connectivity index (χ4n) is 2.08. The van der Waals surface area contributed by atoms with Gasteiger partial charge in [-0.2, -0.15) is 0 Å². The van der Waals surface area contributed by atoms with E-state index in [1.807, 2.05) is 30.3 Å². The molecule has 0 heterocycles. The predicted octanol–water partition coefficient (Wildman–Crippen LogP) is 2.48. The fraction of sp³-hybridized carbons (Fsp3) is 0.235. The number of nitrogens with one attached hydrogen (secondary N) is 1. The van der Waals surface area contributed by atoms with Crippen molar-refractivity contribution >= 4 is 22.0 Å². The van der Waals surface area contributed by atoms with E-state index in [1.54, 1.807) is 12.1 Å². The average molecular weight is 396 g/mol. The molecule has 2 aromatic carbocycles. The van der Waals surface area contributed by atoms with Crippen molar-refractivity contribution < 1.29 is 24.9 Å². The summed E-state index contributed by atoms with van der Waals surface area (Å²) in [5.41, 5.74) is 0.996. The number of amides is 1. The van der Waals surface area contributed by atoms with E-state index in [-0.39, 0.29) is 24.5 Å². The number of aromatic hydroxyl groups is 1. The molecule has 0 aliphatic carbocycles. The third kappa shape index (κ3) is 4.95. The summed E-state index contributed by atoms with van der Waals surface area (Å²) in [5.74, 6) is -0.150. The second-order valence-corrected chi connectivity index (χ2v) is 5.98. The number of carbonyl (C=O) groups is 1. The molecule has 0 aromatic heterocycles. The Bertz CT molecular complexity index is 660. The molecule has 24 heavy (non-hydrogen) atoms. The number of carbonyl (C=O) groups excluding carboxylic acids is 1. The van der Waals surface area contributed by atoms with Gasteiger partial charge in [0.25, 0.3) is 0 Å². The van der Waals surface area contributed by atoms with Gasteiger partial charge in [0.05, 0.1) is 0 Å². The van der Waals surface area contributed by atoms with Gasteiger partial charge in [-0.05, 0) is 17.7 Å². The van der Waals surface area contributed by atoms with Crippen LogP contribution in [0.15, 0.2) is 53.0 Å². The molecule has 2 aromatic rings. The maximum atomic E-state index is 11.6. The van der Waals surface area contributed by atoms with Crippen LogP contribution in [0.1, 0.15) is 17.2 Å². The Morgan fingerprint density at radius 1 is 1.12 bits per heavy atom. The van der Waals surface area contributed by atoms with Gasteiger partial charge < -0.3 is 25.4 Å². The number of benzene rings is 2. The largest absolute Gasteiger partial charge is 0.508 e. The third-order valence-electron chi connectivity index (χ3n) is 3.36. The van der Waals surface area contributed by atoms with Crippen molar-refractivity contribution in [2.45, 2.75) is 18.8 Å². The van der Waals surface area contributed by atoms with Gasteiger partial charge in [-0.1, -0.05) is 52.3 Å². The van der Waals surface area contributed by atoms with Crippen molar-refractivity contribution in [3.63, 3.8) is 0 Å². The molecule has 2 unspecified atom stereocenters. The van der Waals surface area contributed by atoms with Crippen molar-refractivity contribution in [1.82, 2.24) is 5.32 Å². The molecule has 0 bridgehead atoms. The lowest BCUT2D eigenvalue weighted by Crippen LogP contribution is -2.35. The molecule has 2 atom stereocenters. The molecule has 7 heteroatoms. The van der Waals surface area contributed by atoms with Crippen LogP contribution in [0.3, 0.4) is 0 Å². The maximum absolute atomic E-state index is 11.6. The number of halogens is 1. The topological polar surface area (TPSA) is 99.0 Å². The van der Waals surface area contributed by atoms with E-state index in [2.05, 4.69) is 21.2 Å². The minimum absolute atomic E-state index is 0.107. The fourth-order valence-corrected chi connectivity index (χ4v) is 2.67. The van der Waals surface area contributed by atoms with E-state index in [9.17, 15) is 20.1 Å². The molecule has 0 aliphatic heterocycles. The van der Waals surface area contributed by atoms with Crippen LogP contribution in [-0.4, -0.2) is 34.1 Å². The summed E-state index contributed by atoms with van der Waals surface area (Å²) in [7, 11) is 0. The summed E-state index contributed by atoms with van der Waals surface area (Å²) < 4.78 is 5.47. The molecule has 128 valence electrons. The molecular weight excluding hydrogens is 378 g/mol. The Labute approximate surface area is 147 Å². The number of alkyl carbamates (subject to hydrolysis) is 1. The third-order valence-corrected chi connectivity index (χ3v) is 4.05. The quantitative estimate of drug-likeness (QED) is 0.602. The normalized spacial score (nSPS) is 13.1. The Morgan fingerprint density at radius 3 is 2.50 bits per heavy atom. The highest BCUT2D eigenvalue weighted by atomic mass is 79.9. The number of phenols is 1. The minimum Gasteiger partial charge on any atom is -0.508 e. The Hall–Kier alpha value is -2.09. The lowest BCUT2D eigenvalue weighted by molar-refractivity contribution is 0.0167. The number of hydrogen-bond acceptors (Lipinski definition) is 5. The standard InChI is InChI=1S/C17H18BrNO5/c18-12-7-4-8-13(20)15(12)16(22)14(21)9-19-17(23)24-10-11-5-2-1-3-6-11/h1-8,14,16,20-22H,9-10H2,(H,19,23). The predicted molar refractivity (Wildman–Crippen MR) is 91.4 cm³/mol. The summed E-state index contributed by atoms with van der Waals surface area (Å²) in [6, 6.07) is 13.8. The van der Waals surface area contributed by atoms with Crippen LogP contribution in [0.4, 0.5) is 4.79 Å². The van der Waals surface area contributed by atoms with Crippen LogP contribution in [-0.2, 0) is 11.3 Å². The highest BCUT2D eigenvalue weighted by molar-refractivity contribution is 9.10. The zero-order chi connectivity index (χ0) is 17.5. The highest BCUT2D eigenvalue weighted by Gasteiger charge is 2.24. The molecule has 0 fully saturated rings. The second kappa shape index (κ2) is 8.68. The van der Waals surface area contributed by atoms with Crippen molar-refractivity contribution in [2.75, 3.05) is 6.54 Å². The van der Waals surface area contributed by atoms with Gasteiger partial charge in [0.1, 0.15) is 24.6 Å². The molecule has 1 amide bonds. The second-order valence-electron chi connectivity index (χ2n) is 5.13. The molecule has 0 radical (unpaired) electrons. The van der Waals surface area contributed by atoms with E-state index < -0.39 is 18.3 Å². The molecule has 0 saturated heterocycles. The summed E-state index contributed by atoms with van der Waals surface area (Å²) in [5, 5.41) is 32.3. The minimum atomic E-state index is -1.37. The highest BCUT2D eigenvalue weighted by Crippen LogP contribution is 2.33. The number of ether oxygens (including phenoxy) is 1. The monoisotopic (exact) mass is 395 g/mol. The smallest absolute Gasteiger partial charge is 0.407 e. The lowest BCUT2D eigenvalue weighted by atomic mass is 10.0. The zero-order valence-electron chi connectivity index (χ0n) is 12.7. The summed E-state index contributed by atoms with van der Waals surface area (Å²) in [6.45, 7) is -0.119. The van der Waals surface area contributed by atoms with E-state index in [1.165, 1.54) is 6.07 Å². The molecule has 4 N–H and O–H groups in total. The van der Waals surface area contributed by atoms with Crippen LogP contribution < -0.4 is 5.32 Å². The molecule has 6 nitrogen and oxygen atoms in total. The van der Waals surface area contributed by atoms with E-state index in [0.29, 0.717) is 4.47 Å². The van der Waals surface area contributed by atoms with Gasteiger partial charge in [0.15, 0.2) is 0 Å². The Balaban J connectivity index is 1.83. The number of rotatable bonds is 6. The summed E-state index contributed by atoms with van der Waals surface area (Å²) in [4.78, 5) is 11.6. The van der Waals surface area contributed by atoms with Gasteiger partial charge in [-0.25, -0.2) is 4.79 Å². The van der Waals surface area contributed by atoms with Gasteiger partial charge in [-0.15, -0.1) is 0 Å². The molecule has 2 rings (SSSR count). The van der Waals surface area contributed by atoms with E-state index in [4.69, 9.17) is 4.74 Å². The number of hydrogen-bond donors (Lipinski definition) is 4. The lowest BCUT2D eigenvalue weighted by Gasteiger charge is -2.20. The first-order chi connectivity index (χ1) is 11.5. The van der Waals surface area contributed by atoms with Crippen LogP contribution >= 0.6 is 15.9 Å². The molecule has 0 aliphatic rings. The molecule has 0 saturated carbocycles. The zero-order valence-corrected chi connectivity index (χ0v) is 14.3. The maximum Gasteiger partial charge on any atom is 0.407 e. The molecule has 0 spiro atoms. The van der Waals surface area contributed by atoms with E-state index in [0.717, 1.165) is 5.56 Å². The van der Waals surface area contributed by atoms with Crippen LogP contribution in [0.25, 0.3) is 0 Å².